The highest BCUT2D eigenvalue weighted by Crippen LogP contribution is 2.12. The minimum Gasteiger partial charge on any atom is -0.454 e. The molecule has 0 unspecified atom stereocenters. The summed E-state index contributed by atoms with van der Waals surface area (Å²) in [4.78, 5) is 23.4. The number of ketones is 1. The van der Waals surface area contributed by atoms with Gasteiger partial charge in [0.05, 0.1) is 5.56 Å². The van der Waals surface area contributed by atoms with Gasteiger partial charge < -0.3 is 4.74 Å². The van der Waals surface area contributed by atoms with Gasteiger partial charge in [0.15, 0.2) is 12.4 Å². The van der Waals surface area contributed by atoms with E-state index in [0.29, 0.717) is 10.6 Å². The molecule has 2 aromatic carbocycles. The number of carbonyl (C=O) groups is 2. The summed E-state index contributed by atoms with van der Waals surface area (Å²) in [5, 5.41) is 0.431. The van der Waals surface area contributed by atoms with E-state index in [2.05, 4.69) is 0 Å². The molecule has 2 rings (SSSR count). The maximum absolute atomic E-state index is 12.7. The lowest BCUT2D eigenvalue weighted by Gasteiger charge is -2.04. The number of esters is 1. The van der Waals surface area contributed by atoms with Crippen LogP contribution in [0, 0.1) is 5.82 Å². The van der Waals surface area contributed by atoms with Crippen molar-refractivity contribution in [3.63, 3.8) is 0 Å². The van der Waals surface area contributed by atoms with E-state index in [4.69, 9.17) is 16.3 Å². The molecule has 0 aliphatic heterocycles. The number of benzene rings is 2. The van der Waals surface area contributed by atoms with Gasteiger partial charge in [0.1, 0.15) is 5.82 Å². The maximum Gasteiger partial charge on any atom is 0.338 e. The molecule has 102 valence electrons. The Hall–Kier alpha value is -2.20. The number of carbonyl (C=O) groups excluding carboxylic acids is 2. The van der Waals surface area contributed by atoms with Crippen molar-refractivity contribution in [3.05, 3.63) is 70.5 Å². The molecule has 0 aliphatic rings. The van der Waals surface area contributed by atoms with Gasteiger partial charge in [-0.05, 0) is 36.4 Å². The van der Waals surface area contributed by atoms with Crippen LogP contribution < -0.4 is 0 Å². The number of hydrogen-bond donors (Lipinski definition) is 0. The first-order valence-electron chi connectivity index (χ1n) is 5.78. The lowest BCUT2D eigenvalue weighted by atomic mass is 10.1. The van der Waals surface area contributed by atoms with Crippen molar-refractivity contribution >= 4 is 23.4 Å². The van der Waals surface area contributed by atoms with Crippen molar-refractivity contribution < 1.29 is 18.7 Å². The van der Waals surface area contributed by atoms with Crippen molar-refractivity contribution in [1.29, 1.82) is 0 Å². The quantitative estimate of drug-likeness (QED) is 0.640. The second kappa shape index (κ2) is 6.30. The van der Waals surface area contributed by atoms with Gasteiger partial charge in [0, 0.05) is 10.6 Å². The Kier molecular flexibility index (Phi) is 4.48. The molecule has 0 heterocycles. The van der Waals surface area contributed by atoms with Crippen molar-refractivity contribution in [2.24, 2.45) is 0 Å². The van der Waals surface area contributed by atoms with E-state index in [-0.39, 0.29) is 11.3 Å². The second-order valence-corrected chi connectivity index (χ2v) is 4.45. The molecular formula is C15H10ClFO3. The number of Topliss-reactive ketones (excluding diaryl/α,β-unsaturated/α-hetero) is 1. The molecule has 2 aromatic rings. The van der Waals surface area contributed by atoms with E-state index >= 15 is 0 Å². The molecule has 0 saturated carbocycles. The third kappa shape index (κ3) is 3.65. The molecule has 0 fully saturated rings. The molecule has 5 heteroatoms. The fourth-order valence-corrected chi connectivity index (χ4v) is 1.74. The largest absolute Gasteiger partial charge is 0.454 e. The molecule has 0 spiro atoms. The monoisotopic (exact) mass is 292 g/mol. The molecule has 20 heavy (non-hydrogen) atoms. The molecule has 3 nitrogen and oxygen atoms in total. The Bertz CT molecular complexity index is 638. The summed E-state index contributed by atoms with van der Waals surface area (Å²) in [5.74, 6) is -1.49. The molecule has 0 aliphatic carbocycles. The third-order valence-corrected chi connectivity index (χ3v) is 2.80. The number of rotatable bonds is 4. The Morgan fingerprint density at radius 2 is 1.75 bits per heavy atom. The molecule has 0 amide bonds. The highest BCUT2D eigenvalue weighted by molar-refractivity contribution is 6.31. The SMILES string of the molecule is O=C(COC(=O)c1ccc(F)cc1)c1cccc(Cl)c1. The predicted octanol–water partition coefficient (Wildman–Crippen LogP) is 3.52. The van der Waals surface area contributed by atoms with Crippen molar-refractivity contribution in [1.82, 2.24) is 0 Å². The molecule has 0 bridgehead atoms. The van der Waals surface area contributed by atoms with Gasteiger partial charge in [-0.2, -0.15) is 0 Å². The fraction of sp³-hybridized carbons (Fsp3) is 0.0667. The van der Waals surface area contributed by atoms with Crippen LogP contribution in [0.25, 0.3) is 0 Å². The topological polar surface area (TPSA) is 43.4 Å². The van der Waals surface area contributed by atoms with Crippen molar-refractivity contribution in [3.8, 4) is 0 Å². The Labute approximate surface area is 119 Å². The maximum atomic E-state index is 12.7. The van der Waals surface area contributed by atoms with Crippen LogP contribution in [-0.4, -0.2) is 18.4 Å². The number of hydrogen-bond acceptors (Lipinski definition) is 3. The molecule has 0 atom stereocenters. The summed E-state index contributed by atoms with van der Waals surface area (Å²) in [5.41, 5.74) is 0.551. The highest BCUT2D eigenvalue weighted by atomic mass is 35.5. The van der Waals surface area contributed by atoms with E-state index < -0.39 is 18.4 Å². The summed E-state index contributed by atoms with van der Waals surface area (Å²) < 4.78 is 17.6. The molecule has 0 radical (unpaired) electrons. The fourth-order valence-electron chi connectivity index (χ4n) is 1.55. The minimum atomic E-state index is -0.680. The first-order chi connectivity index (χ1) is 9.56. The van der Waals surface area contributed by atoms with Crippen LogP contribution in [0.2, 0.25) is 5.02 Å². The van der Waals surface area contributed by atoms with E-state index in [1.54, 1.807) is 18.2 Å². The van der Waals surface area contributed by atoms with Gasteiger partial charge in [-0.3, -0.25) is 4.79 Å². The standard InChI is InChI=1S/C15H10ClFO3/c16-12-3-1-2-11(8-12)14(18)9-20-15(19)10-4-6-13(17)7-5-10/h1-8H,9H2. The zero-order chi connectivity index (χ0) is 14.5. The van der Waals surface area contributed by atoms with E-state index in [1.807, 2.05) is 0 Å². The van der Waals surface area contributed by atoms with Crippen LogP contribution in [0.5, 0.6) is 0 Å². The van der Waals surface area contributed by atoms with Crippen molar-refractivity contribution in [2.75, 3.05) is 6.61 Å². The zero-order valence-electron chi connectivity index (χ0n) is 10.3. The van der Waals surface area contributed by atoms with Gasteiger partial charge in [-0.15, -0.1) is 0 Å². The Balaban J connectivity index is 1.96. The van der Waals surface area contributed by atoms with Gasteiger partial charge in [-0.25, -0.2) is 9.18 Å². The lowest BCUT2D eigenvalue weighted by Crippen LogP contribution is -2.14. The van der Waals surface area contributed by atoms with Gasteiger partial charge in [0.25, 0.3) is 0 Å². The smallest absolute Gasteiger partial charge is 0.338 e. The van der Waals surface area contributed by atoms with Crippen LogP contribution in [0.15, 0.2) is 48.5 Å². The normalized spacial score (nSPS) is 10.1. The average molecular weight is 293 g/mol. The van der Waals surface area contributed by atoms with Gasteiger partial charge in [-0.1, -0.05) is 23.7 Å². The summed E-state index contributed by atoms with van der Waals surface area (Å²) >= 11 is 5.77. The molecule has 0 saturated heterocycles. The molecule has 0 N–H and O–H groups in total. The van der Waals surface area contributed by atoms with Gasteiger partial charge in [0.2, 0.25) is 0 Å². The third-order valence-electron chi connectivity index (χ3n) is 2.56. The predicted molar refractivity (Wildman–Crippen MR) is 72.5 cm³/mol. The highest BCUT2D eigenvalue weighted by Gasteiger charge is 2.12. The minimum absolute atomic E-state index is 0.185. The molecular weight excluding hydrogens is 283 g/mol. The summed E-state index contributed by atoms with van der Waals surface area (Å²) in [6.45, 7) is -0.392. The number of halogens is 2. The molecule has 0 aromatic heterocycles. The Morgan fingerprint density at radius 1 is 1.05 bits per heavy atom. The zero-order valence-corrected chi connectivity index (χ0v) is 11.1. The van der Waals surface area contributed by atoms with Crippen LogP contribution in [0.1, 0.15) is 20.7 Å². The summed E-state index contributed by atoms with van der Waals surface area (Å²) in [7, 11) is 0. The summed E-state index contributed by atoms with van der Waals surface area (Å²) in [6.07, 6.45) is 0. The van der Waals surface area contributed by atoms with E-state index in [1.165, 1.54) is 18.2 Å². The van der Waals surface area contributed by atoms with Crippen LogP contribution >= 0.6 is 11.6 Å². The first-order valence-corrected chi connectivity index (χ1v) is 6.15. The van der Waals surface area contributed by atoms with Crippen LogP contribution in [0.4, 0.5) is 4.39 Å². The van der Waals surface area contributed by atoms with Crippen LogP contribution in [0.3, 0.4) is 0 Å². The summed E-state index contributed by atoms with van der Waals surface area (Å²) in [6, 6.07) is 11.2. The van der Waals surface area contributed by atoms with Crippen molar-refractivity contribution in [2.45, 2.75) is 0 Å². The van der Waals surface area contributed by atoms with E-state index in [9.17, 15) is 14.0 Å². The number of ether oxygens (including phenoxy) is 1. The Morgan fingerprint density at radius 3 is 2.40 bits per heavy atom. The van der Waals surface area contributed by atoms with Gasteiger partial charge >= 0.3 is 5.97 Å². The average Bonchev–Trinajstić information content (AvgIpc) is 2.45. The second-order valence-electron chi connectivity index (χ2n) is 4.02. The van der Waals surface area contributed by atoms with E-state index in [0.717, 1.165) is 12.1 Å². The first kappa shape index (κ1) is 14.2. The lowest BCUT2D eigenvalue weighted by molar-refractivity contribution is 0.0474. The van der Waals surface area contributed by atoms with Crippen LogP contribution in [-0.2, 0) is 4.74 Å².